The Morgan fingerprint density at radius 3 is 2.00 bits per heavy atom. The molecule has 0 atom stereocenters. The van der Waals surface area contributed by atoms with Crippen LogP contribution in [0.2, 0.25) is 0 Å². The van der Waals surface area contributed by atoms with Crippen LogP contribution >= 0.6 is 0 Å². The van der Waals surface area contributed by atoms with Gasteiger partial charge in [-0.15, -0.1) is 0 Å². The zero-order valence-electron chi connectivity index (χ0n) is 8.78. The molecular formula is C11H14F3N. The van der Waals surface area contributed by atoms with Crippen LogP contribution in [0.15, 0.2) is 12.1 Å². The molecule has 0 saturated heterocycles. The van der Waals surface area contributed by atoms with E-state index in [-0.39, 0.29) is 0 Å². The highest BCUT2D eigenvalue weighted by atomic mass is 19.2. The van der Waals surface area contributed by atoms with E-state index < -0.39 is 23.0 Å². The SMILES string of the molecule is CC(C)(N)CCc1cc(F)c(F)c(F)c1. The van der Waals surface area contributed by atoms with Gasteiger partial charge in [-0.05, 0) is 44.4 Å². The topological polar surface area (TPSA) is 26.0 Å². The van der Waals surface area contributed by atoms with Gasteiger partial charge in [0.15, 0.2) is 17.5 Å². The van der Waals surface area contributed by atoms with Crippen molar-refractivity contribution in [3.8, 4) is 0 Å². The summed E-state index contributed by atoms with van der Waals surface area (Å²) in [5.41, 5.74) is 5.75. The van der Waals surface area contributed by atoms with Gasteiger partial charge in [-0.2, -0.15) is 0 Å². The van der Waals surface area contributed by atoms with Gasteiger partial charge in [-0.3, -0.25) is 0 Å². The summed E-state index contributed by atoms with van der Waals surface area (Å²) in [6, 6.07) is 2.01. The maximum Gasteiger partial charge on any atom is 0.194 e. The Balaban J connectivity index is 2.80. The molecule has 0 saturated carbocycles. The third-order valence-electron chi connectivity index (χ3n) is 2.10. The fourth-order valence-electron chi connectivity index (χ4n) is 1.22. The first-order chi connectivity index (χ1) is 6.79. The molecule has 2 N–H and O–H groups in total. The van der Waals surface area contributed by atoms with Crippen LogP contribution in [-0.2, 0) is 6.42 Å². The smallest absolute Gasteiger partial charge is 0.194 e. The number of hydrogen-bond donors (Lipinski definition) is 1. The zero-order valence-corrected chi connectivity index (χ0v) is 8.78. The Morgan fingerprint density at radius 1 is 1.13 bits per heavy atom. The van der Waals surface area contributed by atoms with Crippen molar-refractivity contribution in [2.45, 2.75) is 32.2 Å². The van der Waals surface area contributed by atoms with Gasteiger partial charge in [0, 0.05) is 5.54 Å². The number of hydrogen-bond acceptors (Lipinski definition) is 1. The summed E-state index contributed by atoms with van der Waals surface area (Å²) < 4.78 is 38.2. The zero-order chi connectivity index (χ0) is 11.6. The lowest BCUT2D eigenvalue weighted by molar-refractivity contribution is 0.440. The van der Waals surface area contributed by atoms with Crippen molar-refractivity contribution in [3.05, 3.63) is 35.1 Å². The van der Waals surface area contributed by atoms with E-state index in [1.54, 1.807) is 0 Å². The molecule has 0 aliphatic rings. The molecule has 0 spiro atoms. The molecule has 0 aliphatic heterocycles. The molecule has 1 aromatic rings. The fraction of sp³-hybridized carbons (Fsp3) is 0.455. The number of nitrogens with two attached hydrogens (primary N) is 1. The van der Waals surface area contributed by atoms with E-state index >= 15 is 0 Å². The van der Waals surface area contributed by atoms with Crippen molar-refractivity contribution >= 4 is 0 Å². The van der Waals surface area contributed by atoms with E-state index in [4.69, 9.17) is 5.73 Å². The van der Waals surface area contributed by atoms with Crippen LogP contribution in [0.1, 0.15) is 25.8 Å². The Labute approximate surface area is 87.1 Å². The van der Waals surface area contributed by atoms with E-state index in [2.05, 4.69) is 0 Å². The van der Waals surface area contributed by atoms with Crippen LogP contribution in [0.5, 0.6) is 0 Å². The second kappa shape index (κ2) is 4.23. The van der Waals surface area contributed by atoms with E-state index in [1.807, 2.05) is 13.8 Å². The van der Waals surface area contributed by atoms with Gasteiger partial charge in [-0.25, -0.2) is 13.2 Å². The average molecular weight is 217 g/mol. The molecule has 84 valence electrons. The Hall–Kier alpha value is -1.03. The summed E-state index contributed by atoms with van der Waals surface area (Å²) in [5, 5.41) is 0. The van der Waals surface area contributed by atoms with Crippen molar-refractivity contribution in [3.63, 3.8) is 0 Å². The van der Waals surface area contributed by atoms with E-state index in [9.17, 15) is 13.2 Å². The minimum atomic E-state index is -1.43. The van der Waals surface area contributed by atoms with Gasteiger partial charge >= 0.3 is 0 Å². The summed E-state index contributed by atoms with van der Waals surface area (Å²) in [7, 11) is 0. The van der Waals surface area contributed by atoms with E-state index in [1.165, 1.54) is 0 Å². The second-order valence-corrected chi connectivity index (χ2v) is 4.36. The van der Waals surface area contributed by atoms with Gasteiger partial charge in [0.05, 0.1) is 0 Å². The second-order valence-electron chi connectivity index (χ2n) is 4.36. The molecule has 1 aromatic carbocycles. The van der Waals surface area contributed by atoms with Crippen molar-refractivity contribution in [2.75, 3.05) is 0 Å². The van der Waals surface area contributed by atoms with Gasteiger partial charge in [0.2, 0.25) is 0 Å². The van der Waals surface area contributed by atoms with Crippen molar-refractivity contribution in [1.29, 1.82) is 0 Å². The number of aryl methyl sites for hydroxylation is 1. The number of rotatable bonds is 3. The third kappa shape index (κ3) is 3.55. The van der Waals surface area contributed by atoms with Crippen LogP contribution in [0, 0.1) is 17.5 Å². The molecule has 0 amide bonds. The van der Waals surface area contributed by atoms with E-state index in [0.717, 1.165) is 12.1 Å². The normalized spacial score (nSPS) is 11.9. The average Bonchev–Trinajstić information content (AvgIpc) is 2.09. The Bertz CT molecular complexity index is 332. The van der Waals surface area contributed by atoms with Crippen molar-refractivity contribution < 1.29 is 13.2 Å². The van der Waals surface area contributed by atoms with Crippen molar-refractivity contribution in [1.82, 2.24) is 0 Å². The molecule has 0 unspecified atom stereocenters. The molecule has 15 heavy (non-hydrogen) atoms. The van der Waals surface area contributed by atoms with Crippen LogP contribution in [0.3, 0.4) is 0 Å². The lowest BCUT2D eigenvalue weighted by atomic mass is 9.96. The molecule has 0 fully saturated rings. The predicted molar refractivity (Wildman–Crippen MR) is 52.9 cm³/mol. The monoisotopic (exact) mass is 217 g/mol. The summed E-state index contributed by atoms with van der Waals surface area (Å²) in [6.07, 6.45) is 1.01. The molecule has 0 aromatic heterocycles. The summed E-state index contributed by atoms with van der Waals surface area (Å²) in [5.74, 6) is -3.73. The lowest BCUT2D eigenvalue weighted by Gasteiger charge is -2.18. The van der Waals surface area contributed by atoms with Gasteiger partial charge in [0.25, 0.3) is 0 Å². The fourth-order valence-corrected chi connectivity index (χ4v) is 1.22. The molecule has 1 rings (SSSR count). The Morgan fingerprint density at radius 2 is 1.60 bits per heavy atom. The molecule has 4 heteroatoms. The predicted octanol–water partition coefficient (Wildman–Crippen LogP) is 2.77. The van der Waals surface area contributed by atoms with Crippen LogP contribution in [0.4, 0.5) is 13.2 Å². The lowest BCUT2D eigenvalue weighted by Crippen LogP contribution is -2.32. The third-order valence-corrected chi connectivity index (χ3v) is 2.10. The summed E-state index contributed by atoms with van der Waals surface area (Å²) in [6.45, 7) is 3.65. The van der Waals surface area contributed by atoms with Crippen LogP contribution in [-0.4, -0.2) is 5.54 Å². The molecule has 0 aliphatic carbocycles. The molecular weight excluding hydrogens is 203 g/mol. The molecule has 0 bridgehead atoms. The highest BCUT2D eigenvalue weighted by molar-refractivity contribution is 5.19. The molecule has 0 radical (unpaired) electrons. The van der Waals surface area contributed by atoms with Gasteiger partial charge in [-0.1, -0.05) is 0 Å². The molecule has 1 nitrogen and oxygen atoms in total. The maximum atomic E-state index is 12.8. The minimum absolute atomic E-state index is 0.401. The number of halogens is 3. The van der Waals surface area contributed by atoms with Gasteiger partial charge in [0.1, 0.15) is 0 Å². The Kier molecular flexibility index (Phi) is 3.39. The van der Waals surface area contributed by atoms with E-state index in [0.29, 0.717) is 18.4 Å². The quantitative estimate of drug-likeness (QED) is 0.774. The van der Waals surface area contributed by atoms with Crippen molar-refractivity contribution in [2.24, 2.45) is 5.73 Å². The van der Waals surface area contributed by atoms with Crippen LogP contribution in [0.25, 0.3) is 0 Å². The summed E-state index contributed by atoms with van der Waals surface area (Å²) in [4.78, 5) is 0. The maximum absolute atomic E-state index is 12.8. The minimum Gasteiger partial charge on any atom is -0.326 e. The first kappa shape index (κ1) is 12.0. The highest BCUT2D eigenvalue weighted by Gasteiger charge is 2.14. The number of benzene rings is 1. The summed E-state index contributed by atoms with van der Waals surface area (Å²) >= 11 is 0. The highest BCUT2D eigenvalue weighted by Crippen LogP contribution is 2.16. The first-order valence-electron chi connectivity index (χ1n) is 4.72. The largest absolute Gasteiger partial charge is 0.326 e. The standard InChI is InChI=1S/C11H14F3N/c1-11(2,15)4-3-7-5-8(12)10(14)9(13)6-7/h5-6H,3-4,15H2,1-2H3. The van der Waals surface area contributed by atoms with Crippen LogP contribution < -0.4 is 5.73 Å². The first-order valence-corrected chi connectivity index (χ1v) is 4.72. The molecule has 0 heterocycles. The van der Waals surface area contributed by atoms with Gasteiger partial charge < -0.3 is 5.73 Å².